The SMILES string of the molecule is O=Cc1ccccc1C(=O)OC[C@H]1CCCO1. The van der Waals surface area contributed by atoms with Gasteiger partial charge in [-0.15, -0.1) is 0 Å². The first-order valence-corrected chi connectivity index (χ1v) is 5.64. The molecule has 1 fully saturated rings. The van der Waals surface area contributed by atoms with Gasteiger partial charge in [0.05, 0.1) is 11.7 Å². The number of hydrogen-bond acceptors (Lipinski definition) is 4. The molecule has 0 spiro atoms. The minimum absolute atomic E-state index is 0.00217. The summed E-state index contributed by atoms with van der Waals surface area (Å²) < 4.78 is 10.5. The van der Waals surface area contributed by atoms with Gasteiger partial charge in [-0.25, -0.2) is 4.79 Å². The van der Waals surface area contributed by atoms with Crippen molar-refractivity contribution in [2.24, 2.45) is 0 Å². The van der Waals surface area contributed by atoms with E-state index in [0.29, 0.717) is 17.4 Å². The van der Waals surface area contributed by atoms with Crippen LogP contribution in [-0.4, -0.2) is 31.6 Å². The molecule has 0 aliphatic carbocycles. The van der Waals surface area contributed by atoms with Crippen LogP contribution >= 0.6 is 0 Å². The average Bonchev–Trinajstić information content (AvgIpc) is 2.89. The zero-order valence-corrected chi connectivity index (χ0v) is 9.43. The van der Waals surface area contributed by atoms with Crippen LogP contribution in [0.4, 0.5) is 0 Å². The number of hydrogen-bond donors (Lipinski definition) is 0. The molecule has 0 radical (unpaired) electrons. The topological polar surface area (TPSA) is 52.6 Å². The van der Waals surface area contributed by atoms with Gasteiger partial charge in [0, 0.05) is 12.2 Å². The normalized spacial score (nSPS) is 18.9. The lowest BCUT2D eigenvalue weighted by Crippen LogP contribution is -2.18. The van der Waals surface area contributed by atoms with Crippen LogP contribution in [0.5, 0.6) is 0 Å². The number of carbonyl (C=O) groups excluding carboxylic acids is 2. The predicted octanol–water partition coefficient (Wildman–Crippen LogP) is 1.83. The van der Waals surface area contributed by atoms with Gasteiger partial charge >= 0.3 is 5.97 Å². The van der Waals surface area contributed by atoms with Crippen LogP contribution in [0.15, 0.2) is 24.3 Å². The summed E-state index contributed by atoms with van der Waals surface area (Å²) in [4.78, 5) is 22.5. The molecule has 1 heterocycles. The molecule has 0 N–H and O–H groups in total. The lowest BCUT2D eigenvalue weighted by atomic mass is 10.1. The summed E-state index contributed by atoms with van der Waals surface area (Å²) >= 11 is 0. The van der Waals surface area contributed by atoms with Crippen LogP contribution in [0, 0.1) is 0 Å². The van der Waals surface area contributed by atoms with Crippen molar-refractivity contribution < 1.29 is 19.1 Å². The van der Waals surface area contributed by atoms with Crippen molar-refractivity contribution in [1.29, 1.82) is 0 Å². The number of carbonyl (C=O) groups is 2. The first-order valence-electron chi connectivity index (χ1n) is 5.64. The highest BCUT2D eigenvalue weighted by molar-refractivity contribution is 5.98. The van der Waals surface area contributed by atoms with E-state index in [1.54, 1.807) is 24.3 Å². The Hall–Kier alpha value is -1.68. The second-order valence-corrected chi connectivity index (χ2v) is 3.94. The monoisotopic (exact) mass is 234 g/mol. The van der Waals surface area contributed by atoms with E-state index in [1.165, 1.54) is 0 Å². The van der Waals surface area contributed by atoms with Crippen LogP contribution in [0.25, 0.3) is 0 Å². The highest BCUT2D eigenvalue weighted by atomic mass is 16.6. The third kappa shape index (κ3) is 2.91. The smallest absolute Gasteiger partial charge is 0.338 e. The number of rotatable bonds is 4. The van der Waals surface area contributed by atoms with Crippen LogP contribution in [0.3, 0.4) is 0 Å². The molecule has 1 aliphatic rings. The Bertz CT molecular complexity index is 408. The van der Waals surface area contributed by atoms with Gasteiger partial charge in [0.25, 0.3) is 0 Å². The molecule has 0 saturated carbocycles. The number of benzene rings is 1. The fourth-order valence-corrected chi connectivity index (χ4v) is 1.81. The Morgan fingerprint density at radius 3 is 3.00 bits per heavy atom. The third-order valence-corrected chi connectivity index (χ3v) is 2.73. The van der Waals surface area contributed by atoms with E-state index in [1.807, 2.05) is 0 Å². The molecule has 0 aromatic heterocycles. The van der Waals surface area contributed by atoms with Crippen molar-refractivity contribution in [3.63, 3.8) is 0 Å². The molecular formula is C13H14O4. The highest BCUT2D eigenvalue weighted by Crippen LogP contribution is 2.14. The standard InChI is InChI=1S/C13H14O4/c14-8-10-4-1-2-6-12(10)13(15)17-9-11-5-3-7-16-11/h1-2,4,6,8,11H,3,5,7,9H2/t11-/m1/s1. The molecule has 1 saturated heterocycles. The van der Waals surface area contributed by atoms with Crippen LogP contribution in [0.1, 0.15) is 33.6 Å². The second kappa shape index (κ2) is 5.59. The summed E-state index contributed by atoms with van der Waals surface area (Å²) in [7, 11) is 0. The number of ether oxygens (including phenoxy) is 2. The van der Waals surface area contributed by atoms with Gasteiger partial charge in [-0.1, -0.05) is 18.2 Å². The Morgan fingerprint density at radius 2 is 2.29 bits per heavy atom. The van der Waals surface area contributed by atoms with E-state index >= 15 is 0 Å². The zero-order chi connectivity index (χ0) is 12.1. The van der Waals surface area contributed by atoms with E-state index < -0.39 is 5.97 Å². The Morgan fingerprint density at radius 1 is 1.47 bits per heavy atom. The van der Waals surface area contributed by atoms with Crippen molar-refractivity contribution >= 4 is 12.3 Å². The summed E-state index contributed by atoms with van der Waals surface area (Å²) in [6.45, 7) is 0.985. The minimum atomic E-state index is -0.469. The molecule has 0 unspecified atom stereocenters. The average molecular weight is 234 g/mol. The lowest BCUT2D eigenvalue weighted by molar-refractivity contribution is 0.0160. The number of esters is 1. The quantitative estimate of drug-likeness (QED) is 0.589. The highest BCUT2D eigenvalue weighted by Gasteiger charge is 2.19. The Kier molecular flexibility index (Phi) is 3.88. The van der Waals surface area contributed by atoms with E-state index in [-0.39, 0.29) is 12.7 Å². The summed E-state index contributed by atoms with van der Waals surface area (Å²) in [6, 6.07) is 6.59. The van der Waals surface area contributed by atoms with E-state index in [2.05, 4.69) is 0 Å². The largest absolute Gasteiger partial charge is 0.459 e. The lowest BCUT2D eigenvalue weighted by Gasteiger charge is -2.10. The van der Waals surface area contributed by atoms with Gasteiger partial charge in [0.15, 0.2) is 6.29 Å². The fraction of sp³-hybridized carbons (Fsp3) is 0.385. The molecule has 0 amide bonds. The Balaban J connectivity index is 1.96. The van der Waals surface area contributed by atoms with Crippen molar-refractivity contribution in [2.75, 3.05) is 13.2 Å². The molecule has 1 aliphatic heterocycles. The van der Waals surface area contributed by atoms with Gasteiger partial charge in [-0.3, -0.25) is 4.79 Å². The van der Waals surface area contributed by atoms with Crippen molar-refractivity contribution in [1.82, 2.24) is 0 Å². The summed E-state index contributed by atoms with van der Waals surface area (Å²) in [6.07, 6.45) is 2.58. The number of aldehydes is 1. The molecule has 0 bridgehead atoms. The molecule has 1 atom stereocenters. The summed E-state index contributed by atoms with van der Waals surface area (Å²) in [5.74, 6) is -0.469. The molecular weight excluding hydrogens is 220 g/mol. The van der Waals surface area contributed by atoms with Crippen molar-refractivity contribution in [3.05, 3.63) is 35.4 Å². The van der Waals surface area contributed by atoms with Crippen LogP contribution < -0.4 is 0 Å². The molecule has 1 aromatic rings. The predicted molar refractivity (Wildman–Crippen MR) is 61.1 cm³/mol. The molecule has 4 nitrogen and oxygen atoms in total. The fourth-order valence-electron chi connectivity index (χ4n) is 1.81. The molecule has 90 valence electrons. The zero-order valence-electron chi connectivity index (χ0n) is 9.43. The van der Waals surface area contributed by atoms with Gasteiger partial charge < -0.3 is 9.47 Å². The van der Waals surface area contributed by atoms with Crippen LogP contribution in [0.2, 0.25) is 0 Å². The second-order valence-electron chi connectivity index (χ2n) is 3.94. The first-order chi connectivity index (χ1) is 8.31. The van der Waals surface area contributed by atoms with E-state index in [0.717, 1.165) is 19.4 Å². The van der Waals surface area contributed by atoms with Crippen LogP contribution in [-0.2, 0) is 9.47 Å². The van der Waals surface area contributed by atoms with Gasteiger partial charge in [0.1, 0.15) is 6.61 Å². The van der Waals surface area contributed by atoms with Gasteiger partial charge in [-0.2, -0.15) is 0 Å². The molecule has 17 heavy (non-hydrogen) atoms. The maximum atomic E-state index is 11.7. The maximum Gasteiger partial charge on any atom is 0.338 e. The van der Waals surface area contributed by atoms with E-state index in [4.69, 9.17) is 9.47 Å². The first kappa shape index (κ1) is 11.8. The molecule has 1 aromatic carbocycles. The Labute approximate surface area is 99.5 Å². The van der Waals surface area contributed by atoms with Gasteiger partial charge in [0.2, 0.25) is 0 Å². The summed E-state index contributed by atoms with van der Waals surface area (Å²) in [5.41, 5.74) is 0.658. The van der Waals surface area contributed by atoms with Crippen molar-refractivity contribution in [3.8, 4) is 0 Å². The third-order valence-electron chi connectivity index (χ3n) is 2.73. The minimum Gasteiger partial charge on any atom is -0.459 e. The molecule has 4 heteroatoms. The van der Waals surface area contributed by atoms with Crippen molar-refractivity contribution in [2.45, 2.75) is 18.9 Å². The maximum absolute atomic E-state index is 11.7. The van der Waals surface area contributed by atoms with Gasteiger partial charge in [-0.05, 0) is 18.9 Å². The summed E-state index contributed by atoms with van der Waals surface area (Å²) in [5, 5.41) is 0. The molecule has 2 rings (SSSR count). The van der Waals surface area contributed by atoms with E-state index in [9.17, 15) is 9.59 Å².